The summed E-state index contributed by atoms with van der Waals surface area (Å²) in [6.07, 6.45) is 10.6. The normalized spacial score (nSPS) is 15.0. The van der Waals surface area contributed by atoms with Crippen LogP contribution >= 0.6 is 0 Å². The minimum absolute atomic E-state index is 0.509. The van der Waals surface area contributed by atoms with Gasteiger partial charge in [0.15, 0.2) is 0 Å². The van der Waals surface area contributed by atoms with Crippen LogP contribution in [0.1, 0.15) is 78.1 Å². The summed E-state index contributed by atoms with van der Waals surface area (Å²) in [6.45, 7) is 4.14. The molecule has 0 saturated carbocycles. The molecule has 0 bridgehead atoms. The Morgan fingerprint density at radius 3 is 1.69 bits per heavy atom. The molecule has 16 heavy (non-hydrogen) atoms. The van der Waals surface area contributed by atoms with Crippen LogP contribution in [0.5, 0.6) is 0 Å². The third-order valence-corrected chi connectivity index (χ3v) is 3.22. The van der Waals surface area contributed by atoms with Gasteiger partial charge in [0.05, 0.1) is 12.2 Å². The lowest BCUT2D eigenvalue weighted by Gasteiger charge is -2.15. The van der Waals surface area contributed by atoms with Crippen molar-refractivity contribution in [3.63, 3.8) is 0 Å². The van der Waals surface area contributed by atoms with Gasteiger partial charge in [0.1, 0.15) is 0 Å². The van der Waals surface area contributed by atoms with Crippen molar-refractivity contribution in [2.24, 2.45) is 0 Å². The van der Waals surface area contributed by atoms with Gasteiger partial charge in [-0.2, -0.15) is 0 Å². The molecule has 0 saturated heterocycles. The molecular formula is C14H30O2. The maximum atomic E-state index is 9.54. The summed E-state index contributed by atoms with van der Waals surface area (Å²) >= 11 is 0. The van der Waals surface area contributed by atoms with Gasteiger partial charge in [-0.25, -0.2) is 0 Å². The molecule has 0 aromatic rings. The summed E-state index contributed by atoms with van der Waals surface area (Å²) in [5, 5.41) is 18.9. The zero-order chi connectivity index (χ0) is 12.2. The number of hydrogen-bond acceptors (Lipinski definition) is 2. The van der Waals surface area contributed by atoms with Crippen molar-refractivity contribution in [2.45, 2.75) is 90.3 Å². The van der Waals surface area contributed by atoms with Crippen LogP contribution in [-0.4, -0.2) is 22.4 Å². The predicted molar refractivity (Wildman–Crippen MR) is 69.5 cm³/mol. The molecule has 0 amide bonds. The van der Waals surface area contributed by atoms with E-state index in [1.807, 2.05) is 6.92 Å². The van der Waals surface area contributed by atoms with Gasteiger partial charge in [0, 0.05) is 0 Å². The number of aliphatic hydroxyl groups is 2. The van der Waals surface area contributed by atoms with Gasteiger partial charge in [0.25, 0.3) is 0 Å². The molecule has 0 aromatic heterocycles. The standard InChI is InChI=1S/C14H30O2/c1-3-5-6-7-8-9-10-11-12-14(16)13(15)4-2/h13-16H,3-12H2,1-2H3/t13-,14+/m1/s1. The van der Waals surface area contributed by atoms with Crippen LogP contribution in [0.4, 0.5) is 0 Å². The average molecular weight is 230 g/mol. The topological polar surface area (TPSA) is 40.5 Å². The first-order valence-electron chi connectivity index (χ1n) is 7.08. The highest BCUT2D eigenvalue weighted by molar-refractivity contribution is 4.65. The molecule has 2 heteroatoms. The lowest BCUT2D eigenvalue weighted by atomic mass is 10.0. The van der Waals surface area contributed by atoms with E-state index in [0.29, 0.717) is 6.42 Å². The van der Waals surface area contributed by atoms with Crippen molar-refractivity contribution in [1.29, 1.82) is 0 Å². The number of hydrogen-bond donors (Lipinski definition) is 2. The van der Waals surface area contributed by atoms with Gasteiger partial charge < -0.3 is 10.2 Å². The van der Waals surface area contributed by atoms with Gasteiger partial charge in [-0.15, -0.1) is 0 Å². The zero-order valence-corrected chi connectivity index (χ0v) is 11.1. The SMILES string of the molecule is CCCCCCCCCC[C@H](O)[C@H](O)CC. The van der Waals surface area contributed by atoms with Gasteiger partial charge in [-0.05, 0) is 12.8 Å². The van der Waals surface area contributed by atoms with Gasteiger partial charge in [-0.3, -0.25) is 0 Å². The van der Waals surface area contributed by atoms with Crippen molar-refractivity contribution in [1.82, 2.24) is 0 Å². The minimum Gasteiger partial charge on any atom is -0.390 e. The smallest absolute Gasteiger partial charge is 0.0799 e. The van der Waals surface area contributed by atoms with E-state index in [-0.39, 0.29) is 0 Å². The molecule has 0 heterocycles. The monoisotopic (exact) mass is 230 g/mol. The third-order valence-electron chi connectivity index (χ3n) is 3.22. The Morgan fingerprint density at radius 2 is 1.19 bits per heavy atom. The Morgan fingerprint density at radius 1 is 0.688 bits per heavy atom. The van der Waals surface area contributed by atoms with Crippen LogP contribution in [0, 0.1) is 0 Å². The molecule has 0 radical (unpaired) electrons. The molecule has 0 unspecified atom stereocenters. The van der Waals surface area contributed by atoms with E-state index < -0.39 is 12.2 Å². The van der Waals surface area contributed by atoms with E-state index in [1.54, 1.807) is 0 Å². The Labute approximate surface area is 101 Å². The van der Waals surface area contributed by atoms with E-state index in [2.05, 4.69) is 6.92 Å². The van der Waals surface area contributed by atoms with Crippen molar-refractivity contribution in [3.05, 3.63) is 0 Å². The predicted octanol–water partition coefficient (Wildman–Crippen LogP) is 3.65. The van der Waals surface area contributed by atoms with Crippen molar-refractivity contribution in [2.75, 3.05) is 0 Å². The van der Waals surface area contributed by atoms with Crippen LogP contribution < -0.4 is 0 Å². The van der Waals surface area contributed by atoms with Crippen molar-refractivity contribution in [3.8, 4) is 0 Å². The first-order valence-corrected chi connectivity index (χ1v) is 7.08. The lowest BCUT2D eigenvalue weighted by Crippen LogP contribution is -2.24. The summed E-state index contributed by atoms with van der Waals surface area (Å²) in [4.78, 5) is 0. The van der Waals surface area contributed by atoms with Gasteiger partial charge in [-0.1, -0.05) is 65.2 Å². The Hall–Kier alpha value is -0.0800. The third kappa shape index (κ3) is 9.17. The van der Waals surface area contributed by atoms with Crippen LogP contribution in [0.3, 0.4) is 0 Å². The second-order valence-corrected chi connectivity index (χ2v) is 4.81. The van der Waals surface area contributed by atoms with E-state index in [1.165, 1.54) is 44.9 Å². The largest absolute Gasteiger partial charge is 0.390 e. The van der Waals surface area contributed by atoms with E-state index in [4.69, 9.17) is 0 Å². The van der Waals surface area contributed by atoms with E-state index >= 15 is 0 Å². The second kappa shape index (κ2) is 11.4. The highest BCUT2D eigenvalue weighted by Crippen LogP contribution is 2.12. The maximum Gasteiger partial charge on any atom is 0.0799 e. The molecule has 2 nitrogen and oxygen atoms in total. The molecular weight excluding hydrogens is 200 g/mol. The Balaban J connectivity index is 3.14. The van der Waals surface area contributed by atoms with Crippen molar-refractivity contribution < 1.29 is 10.2 Å². The second-order valence-electron chi connectivity index (χ2n) is 4.81. The van der Waals surface area contributed by atoms with Crippen LogP contribution in [0.15, 0.2) is 0 Å². The highest BCUT2D eigenvalue weighted by atomic mass is 16.3. The molecule has 0 fully saturated rings. The van der Waals surface area contributed by atoms with E-state index in [9.17, 15) is 10.2 Å². The molecule has 0 aliphatic carbocycles. The summed E-state index contributed by atoms with van der Waals surface area (Å²) in [5.74, 6) is 0. The first kappa shape index (κ1) is 15.9. The highest BCUT2D eigenvalue weighted by Gasteiger charge is 2.12. The summed E-state index contributed by atoms with van der Waals surface area (Å²) < 4.78 is 0. The fraction of sp³-hybridized carbons (Fsp3) is 1.00. The summed E-state index contributed by atoms with van der Waals surface area (Å²) in [6, 6.07) is 0. The van der Waals surface area contributed by atoms with E-state index in [0.717, 1.165) is 12.8 Å². The molecule has 0 rings (SSSR count). The molecule has 0 aromatic carbocycles. The minimum atomic E-state index is -0.524. The first-order chi connectivity index (χ1) is 7.72. The Kier molecular flexibility index (Phi) is 11.3. The molecule has 2 atom stereocenters. The molecule has 0 aliphatic heterocycles. The molecule has 2 N–H and O–H groups in total. The van der Waals surface area contributed by atoms with Gasteiger partial charge >= 0.3 is 0 Å². The Bertz CT molecular complexity index is 137. The fourth-order valence-electron chi connectivity index (χ4n) is 1.95. The lowest BCUT2D eigenvalue weighted by molar-refractivity contribution is 0.0114. The summed E-state index contributed by atoms with van der Waals surface area (Å²) in [7, 11) is 0. The maximum absolute atomic E-state index is 9.54. The quantitative estimate of drug-likeness (QED) is 0.532. The molecule has 0 aliphatic rings. The number of aliphatic hydroxyl groups excluding tert-OH is 2. The summed E-state index contributed by atoms with van der Waals surface area (Å²) in [5.41, 5.74) is 0. The average Bonchev–Trinajstić information content (AvgIpc) is 2.31. The van der Waals surface area contributed by atoms with Crippen LogP contribution in [0.25, 0.3) is 0 Å². The molecule has 0 spiro atoms. The zero-order valence-electron chi connectivity index (χ0n) is 11.1. The van der Waals surface area contributed by atoms with Gasteiger partial charge in [0.2, 0.25) is 0 Å². The van der Waals surface area contributed by atoms with Crippen LogP contribution in [-0.2, 0) is 0 Å². The fourth-order valence-corrected chi connectivity index (χ4v) is 1.95. The number of unbranched alkanes of at least 4 members (excludes halogenated alkanes) is 7. The van der Waals surface area contributed by atoms with Crippen molar-refractivity contribution >= 4 is 0 Å². The number of rotatable bonds is 11. The van der Waals surface area contributed by atoms with Crippen LogP contribution in [0.2, 0.25) is 0 Å². The molecule has 98 valence electrons.